The summed E-state index contributed by atoms with van der Waals surface area (Å²) in [6.45, 7) is 4.84. The van der Waals surface area contributed by atoms with Gasteiger partial charge < -0.3 is 10.6 Å². The van der Waals surface area contributed by atoms with Crippen LogP contribution in [0.4, 0.5) is 0 Å². The molecule has 1 saturated heterocycles. The van der Waals surface area contributed by atoms with Crippen molar-refractivity contribution in [2.45, 2.75) is 19.8 Å². The van der Waals surface area contributed by atoms with Gasteiger partial charge in [0.15, 0.2) is 0 Å². The molecule has 0 saturated carbocycles. The summed E-state index contributed by atoms with van der Waals surface area (Å²) in [5.74, 6) is 1.47. The van der Waals surface area contributed by atoms with Gasteiger partial charge >= 0.3 is 0 Å². The largest absolute Gasteiger partial charge is 0.356 e. The first-order chi connectivity index (χ1) is 9.24. The predicted molar refractivity (Wildman–Crippen MR) is 75.9 cm³/mol. The fourth-order valence-corrected chi connectivity index (χ4v) is 3.08. The SMILES string of the molecule is CC(C(=O)NCC1Cc2ccccc2C1)C1CNC1. The van der Waals surface area contributed by atoms with Crippen LogP contribution in [0.2, 0.25) is 0 Å². The molecule has 0 spiro atoms. The van der Waals surface area contributed by atoms with Gasteiger partial charge in [0.1, 0.15) is 0 Å². The van der Waals surface area contributed by atoms with E-state index >= 15 is 0 Å². The molecule has 1 fully saturated rings. The van der Waals surface area contributed by atoms with E-state index in [1.54, 1.807) is 0 Å². The summed E-state index contributed by atoms with van der Waals surface area (Å²) in [5.41, 5.74) is 2.91. The standard InChI is InChI=1S/C16H22N2O/c1-11(15-9-17-10-15)16(19)18-8-12-6-13-4-2-3-5-14(13)7-12/h2-5,11-12,15,17H,6-10H2,1H3,(H,18,19). The van der Waals surface area contributed by atoms with Crippen molar-refractivity contribution < 1.29 is 4.79 Å². The Labute approximate surface area is 114 Å². The topological polar surface area (TPSA) is 41.1 Å². The molecule has 102 valence electrons. The molecule has 2 N–H and O–H groups in total. The van der Waals surface area contributed by atoms with E-state index in [2.05, 4.69) is 34.9 Å². The van der Waals surface area contributed by atoms with Crippen LogP contribution in [0.25, 0.3) is 0 Å². The van der Waals surface area contributed by atoms with E-state index in [0.717, 1.165) is 32.5 Å². The summed E-state index contributed by atoms with van der Waals surface area (Å²) < 4.78 is 0. The maximum atomic E-state index is 12.1. The smallest absolute Gasteiger partial charge is 0.223 e. The molecule has 1 aliphatic heterocycles. The Morgan fingerprint density at radius 3 is 2.47 bits per heavy atom. The molecular weight excluding hydrogens is 236 g/mol. The maximum absolute atomic E-state index is 12.1. The first-order valence-electron chi connectivity index (χ1n) is 7.29. The van der Waals surface area contributed by atoms with Gasteiger partial charge in [-0.1, -0.05) is 31.2 Å². The average molecular weight is 258 g/mol. The number of nitrogens with one attached hydrogen (secondary N) is 2. The lowest BCUT2D eigenvalue weighted by Gasteiger charge is -2.32. The molecule has 1 amide bonds. The van der Waals surface area contributed by atoms with Crippen LogP contribution >= 0.6 is 0 Å². The van der Waals surface area contributed by atoms with Crippen molar-refractivity contribution in [1.82, 2.24) is 10.6 Å². The van der Waals surface area contributed by atoms with Gasteiger partial charge in [-0.05, 0) is 48.9 Å². The van der Waals surface area contributed by atoms with Crippen LogP contribution in [0.15, 0.2) is 24.3 Å². The third kappa shape index (κ3) is 2.66. The van der Waals surface area contributed by atoms with Crippen molar-refractivity contribution in [3.05, 3.63) is 35.4 Å². The minimum Gasteiger partial charge on any atom is -0.356 e. The van der Waals surface area contributed by atoms with Gasteiger partial charge in [0.05, 0.1) is 0 Å². The summed E-state index contributed by atoms with van der Waals surface area (Å²) in [4.78, 5) is 12.1. The van der Waals surface area contributed by atoms with Crippen LogP contribution in [0.1, 0.15) is 18.1 Å². The summed E-state index contributed by atoms with van der Waals surface area (Å²) in [6.07, 6.45) is 2.21. The number of rotatable bonds is 4. The minimum atomic E-state index is 0.144. The van der Waals surface area contributed by atoms with Crippen molar-refractivity contribution in [3.8, 4) is 0 Å². The van der Waals surface area contributed by atoms with Gasteiger partial charge in [-0.15, -0.1) is 0 Å². The van der Waals surface area contributed by atoms with Gasteiger partial charge in [-0.3, -0.25) is 4.79 Å². The predicted octanol–water partition coefficient (Wildman–Crippen LogP) is 1.37. The third-order valence-electron chi connectivity index (χ3n) is 4.63. The first-order valence-corrected chi connectivity index (χ1v) is 7.29. The Morgan fingerprint density at radius 2 is 1.95 bits per heavy atom. The molecule has 1 heterocycles. The lowest BCUT2D eigenvalue weighted by Crippen LogP contribution is -2.50. The zero-order valence-corrected chi connectivity index (χ0v) is 11.5. The summed E-state index contributed by atoms with van der Waals surface area (Å²) in [5, 5.41) is 6.37. The lowest BCUT2D eigenvalue weighted by molar-refractivity contribution is -0.126. The van der Waals surface area contributed by atoms with E-state index in [-0.39, 0.29) is 11.8 Å². The second kappa shape index (κ2) is 5.33. The van der Waals surface area contributed by atoms with E-state index in [0.29, 0.717) is 11.8 Å². The second-order valence-electron chi connectivity index (χ2n) is 6.00. The maximum Gasteiger partial charge on any atom is 0.223 e. The van der Waals surface area contributed by atoms with E-state index in [1.165, 1.54) is 11.1 Å². The lowest BCUT2D eigenvalue weighted by atomic mass is 9.88. The summed E-state index contributed by atoms with van der Waals surface area (Å²) in [7, 11) is 0. The Hall–Kier alpha value is -1.35. The summed E-state index contributed by atoms with van der Waals surface area (Å²) >= 11 is 0. The van der Waals surface area contributed by atoms with Gasteiger partial charge in [-0.2, -0.15) is 0 Å². The van der Waals surface area contributed by atoms with Crippen molar-refractivity contribution in [1.29, 1.82) is 0 Å². The Bertz CT molecular complexity index is 443. The third-order valence-corrected chi connectivity index (χ3v) is 4.63. The van der Waals surface area contributed by atoms with Gasteiger partial charge in [0.25, 0.3) is 0 Å². The molecule has 1 aromatic rings. The monoisotopic (exact) mass is 258 g/mol. The zero-order chi connectivity index (χ0) is 13.2. The molecule has 19 heavy (non-hydrogen) atoms. The average Bonchev–Trinajstić information content (AvgIpc) is 2.76. The number of hydrogen-bond donors (Lipinski definition) is 2. The molecule has 1 unspecified atom stereocenters. The number of carbonyl (C=O) groups excluding carboxylic acids is 1. The highest BCUT2D eigenvalue weighted by Gasteiger charge is 2.29. The Morgan fingerprint density at radius 1 is 1.32 bits per heavy atom. The fourth-order valence-electron chi connectivity index (χ4n) is 3.08. The molecule has 0 aromatic heterocycles. The molecule has 3 rings (SSSR count). The van der Waals surface area contributed by atoms with Gasteiger partial charge in [0, 0.05) is 12.5 Å². The van der Waals surface area contributed by atoms with Crippen molar-refractivity contribution in [2.24, 2.45) is 17.8 Å². The van der Waals surface area contributed by atoms with Crippen LogP contribution in [-0.2, 0) is 17.6 Å². The Kier molecular flexibility index (Phi) is 3.56. The van der Waals surface area contributed by atoms with E-state index < -0.39 is 0 Å². The van der Waals surface area contributed by atoms with Crippen LogP contribution in [0, 0.1) is 17.8 Å². The molecule has 3 nitrogen and oxygen atoms in total. The van der Waals surface area contributed by atoms with E-state index in [9.17, 15) is 4.79 Å². The fraction of sp³-hybridized carbons (Fsp3) is 0.562. The number of amides is 1. The van der Waals surface area contributed by atoms with Crippen LogP contribution < -0.4 is 10.6 Å². The molecule has 1 aromatic carbocycles. The highest BCUT2D eigenvalue weighted by Crippen LogP contribution is 2.26. The Balaban J connectivity index is 1.47. The van der Waals surface area contributed by atoms with Gasteiger partial charge in [-0.25, -0.2) is 0 Å². The number of carbonyl (C=O) groups is 1. The highest BCUT2D eigenvalue weighted by molar-refractivity contribution is 5.78. The number of hydrogen-bond acceptors (Lipinski definition) is 2. The first kappa shape index (κ1) is 12.7. The zero-order valence-electron chi connectivity index (χ0n) is 11.5. The van der Waals surface area contributed by atoms with Gasteiger partial charge in [0.2, 0.25) is 5.91 Å². The molecule has 0 bridgehead atoms. The van der Waals surface area contributed by atoms with Crippen LogP contribution in [-0.4, -0.2) is 25.5 Å². The molecule has 1 atom stereocenters. The van der Waals surface area contributed by atoms with Crippen molar-refractivity contribution in [2.75, 3.05) is 19.6 Å². The quantitative estimate of drug-likeness (QED) is 0.856. The molecule has 0 radical (unpaired) electrons. The number of benzene rings is 1. The van der Waals surface area contributed by atoms with Crippen molar-refractivity contribution in [3.63, 3.8) is 0 Å². The normalized spacial score (nSPS) is 20.7. The number of fused-ring (bicyclic) bond motifs is 1. The minimum absolute atomic E-state index is 0.144. The summed E-state index contributed by atoms with van der Waals surface area (Å²) in [6, 6.07) is 8.62. The highest BCUT2D eigenvalue weighted by atomic mass is 16.1. The van der Waals surface area contributed by atoms with E-state index in [4.69, 9.17) is 0 Å². The second-order valence-corrected chi connectivity index (χ2v) is 6.00. The molecule has 1 aliphatic carbocycles. The molecule has 3 heteroatoms. The van der Waals surface area contributed by atoms with Crippen LogP contribution in [0.5, 0.6) is 0 Å². The van der Waals surface area contributed by atoms with Crippen molar-refractivity contribution >= 4 is 5.91 Å². The van der Waals surface area contributed by atoms with Crippen LogP contribution in [0.3, 0.4) is 0 Å². The molecular formula is C16H22N2O. The van der Waals surface area contributed by atoms with E-state index in [1.807, 2.05) is 6.92 Å². The molecule has 2 aliphatic rings.